The third kappa shape index (κ3) is 2.89. The van der Waals surface area contributed by atoms with Gasteiger partial charge >= 0.3 is 0 Å². The van der Waals surface area contributed by atoms with Gasteiger partial charge in [-0.05, 0) is 31.5 Å². The molecule has 0 aliphatic carbocycles. The van der Waals surface area contributed by atoms with E-state index in [9.17, 15) is 0 Å². The molecule has 1 aliphatic rings. The highest BCUT2D eigenvalue weighted by atomic mass is 16.4. The Morgan fingerprint density at radius 1 is 1.17 bits per heavy atom. The first-order valence-corrected chi connectivity index (χ1v) is 8.57. The summed E-state index contributed by atoms with van der Waals surface area (Å²) in [7, 11) is 0. The van der Waals surface area contributed by atoms with Crippen LogP contribution in [0.2, 0.25) is 0 Å². The van der Waals surface area contributed by atoms with Crippen molar-refractivity contribution in [1.29, 1.82) is 0 Å². The fourth-order valence-corrected chi connectivity index (χ4v) is 3.24. The molecule has 0 N–H and O–H groups in total. The van der Waals surface area contributed by atoms with Gasteiger partial charge in [-0.3, -0.25) is 4.90 Å². The van der Waals surface area contributed by atoms with Crippen molar-refractivity contribution >= 4 is 17.1 Å². The number of rotatable bonds is 4. The van der Waals surface area contributed by atoms with Gasteiger partial charge in [0.1, 0.15) is 11.3 Å². The van der Waals surface area contributed by atoms with Gasteiger partial charge < -0.3 is 13.9 Å². The van der Waals surface area contributed by atoms with Crippen molar-refractivity contribution in [1.82, 2.24) is 19.4 Å². The topological polar surface area (TPSA) is 50.3 Å². The molecule has 0 atom stereocenters. The van der Waals surface area contributed by atoms with Crippen LogP contribution < -0.4 is 4.90 Å². The summed E-state index contributed by atoms with van der Waals surface area (Å²) in [5.41, 5.74) is 3.01. The first-order chi connectivity index (χ1) is 11.7. The predicted octanol–water partition coefficient (Wildman–Crippen LogP) is 2.67. The molecule has 1 aromatic carbocycles. The van der Waals surface area contributed by atoms with Crippen molar-refractivity contribution in [2.24, 2.45) is 0 Å². The van der Waals surface area contributed by atoms with Gasteiger partial charge in [0.2, 0.25) is 0 Å². The van der Waals surface area contributed by atoms with Crippen molar-refractivity contribution in [3.63, 3.8) is 0 Å². The molecule has 1 aliphatic heterocycles. The zero-order chi connectivity index (χ0) is 16.5. The average Bonchev–Trinajstić information content (AvgIpc) is 3.21. The monoisotopic (exact) mass is 325 g/mol. The van der Waals surface area contributed by atoms with E-state index in [4.69, 9.17) is 4.42 Å². The molecule has 6 nitrogen and oxygen atoms in total. The number of hydrogen-bond acceptors (Lipinski definition) is 5. The van der Waals surface area contributed by atoms with E-state index in [-0.39, 0.29) is 0 Å². The number of imidazole rings is 1. The number of oxazole rings is 1. The molecule has 6 heteroatoms. The molecule has 2 aromatic heterocycles. The van der Waals surface area contributed by atoms with Crippen molar-refractivity contribution < 1.29 is 4.42 Å². The number of aryl methyl sites for hydroxylation is 2. The summed E-state index contributed by atoms with van der Waals surface area (Å²) in [5.74, 6) is 1.14. The van der Waals surface area contributed by atoms with Crippen molar-refractivity contribution in [2.75, 3.05) is 31.1 Å². The lowest BCUT2D eigenvalue weighted by Crippen LogP contribution is -2.46. The Kier molecular flexibility index (Phi) is 3.98. The van der Waals surface area contributed by atoms with Crippen molar-refractivity contribution in [3.8, 4) is 0 Å². The van der Waals surface area contributed by atoms with Gasteiger partial charge in [0.15, 0.2) is 5.58 Å². The summed E-state index contributed by atoms with van der Waals surface area (Å²) in [5, 5.41) is 0. The van der Waals surface area contributed by atoms with E-state index >= 15 is 0 Å². The van der Waals surface area contributed by atoms with E-state index in [1.165, 1.54) is 5.56 Å². The van der Waals surface area contributed by atoms with Crippen LogP contribution in [0, 0.1) is 6.92 Å². The molecular formula is C18H23N5O. The Bertz CT molecular complexity index is 829. The lowest BCUT2D eigenvalue weighted by atomic mass is 10.2. The summed E-state index contributed by atoms with van der Waals surface area (Å²) >= 11 is 0. The minimum atomic E-state index is 0.741. The van der Waals surface area contributed by atoms with Crippen LogP contribution in [0.4, 0.5) is 6.01 Å². The molecular weight excluding hydrogens is 302 g/mol. The largest absolute Gasteiger partial charge is 0.423 e. The predicted molar refractivity (Wildman–Crippen MR) is 94.1 cm³/mol. The maximum atomic E-state index is 5.92. The van der Waals surface area contributed by atoms with Crippen LogP contribution in [0.15, 0.2) is 35.0 Å². The van der Waals surface area contributed by atoms with Crippen LogP contribution in [0.5, 0.6) is 0 Å². The first-order valence-electron chi connectivity index (χ1n) is 8.57. The summed E-state index contributed by atoms with van der Waals surface area (Å²) < 4.78 is 8.12. The van der Waals surface area contributed by atoms with Crippen LogP contribution in [0.1, 0.15) is 18.3 Å². The van der Waals surface area contributed by atoms with Crippen LogP contribution in [-0.4, -0.2) is 45.6 Å². The van der Waals surface area contributed by atoms with Gasteiger partial charge in [-0.25, -0.2) is 4.98 Å². The highest BCUT2D eigenvalue weighted by Crippen LogP contribution is 2.23. The number of aromatic nitrogens is 3. The van der Waals surface area contributed by atoms with E-state index in [0.29, 0.717) is 0 Å². The van der Waals surface area contributed by atoms with Gasteiger partial charge in [0.25, 0.3) is 6.01 Å². The summed E-state index contributed by atoms with van der Waals surface area (Å²) in [4.78, 5) is 13.8. The second kappa shape index (κ2) is 6.28. The highest BCUT2D eigenvalue weighted by Gasteiger charge is 2.22. The molecule has 126 valence electrons. The van der Waals surface area contributed by atoms with Crippen molar-refractivity contribution in [2.45, 2.75) is 26.9 Å². The lowest BCUT2D eigenvalue weighted by Gasteiger charge is -2.33. The molecule has 1 fully saturated rings. The van der Waals surface area contributed by atoms with Crippen molar-refractivity contribution in [3.05, 3.63) is 42.0 Å². The second-order valence-electron chi connectivity index (χ2n) is 6.36. The number of anilines is 1. The van der Waals surface area contributed by atoms with Crippen LogP contribution in [-0.2, 0) is 13.1 Å². The molecule has 0 amide bonds. The van der Waals surface area contributed by atoms with Crippen LogP contribution in [0.3, 0.4) is 0 Å². The number of nitrogens with zero attached hydrogens (tertiary/aromatic N) is 5. The number of piperazine rings is 1. The maximum absolute atomic E-state index is 5.92. The molecule has 24 heavy (non-hydrogen) atoms. The molecule has 4 rings (SSSR count). The fraction of sp³-hybridized carbons (Fsp3) is 0.444. The van der Waals surface area contributed by atoms with Crippen LogP contribution >= 0.6 is 0 Å². The maximum Gasteiger partial charge on any atom is 0.298 e. The molecule has 3 aromatic rings. The highest BCUT2D eigenvalue weighted by molar-refractivity contribution is 5.75. The molecule has 0 bridgehead atoms. The average molecular weight is 325 g/mol. The minimum absolute atomic E-state index is 0.741. The smallest absolute Gasteiger partial charge is 0.298 e. The third-order valence-corrected chi connectivity index (χ3v) is 4.68. The van der Waals surface area contributed by atoms with E-state index in [1.54, 1.807) is 0 Å². The Morgan fingerprint density at radius 2 is 2.00 bits per heavy atom. The van der Waals surface area contributed by atoms with Gasteiger partial charge in [-0.1, -0.05) is 6.07 Å². The van der Waals surface area contributed by atoms with E-state index < -0.39 is 0 Å². The Balaban J connectivity index is 1.41. The summed E-state index contributed by atoms with van der Waals surface area (Å²) in [6.45, 7) is 9.95. The SMILES string of the molecule is CCn1ccnc1CN1CCN(c2nc3cc(C)ccc3o2)CC1. The van der Waals surface area contributed by atoms with Gasteiger partial charge in [-0.15, -0.1) is 0 Å². The summed E-state index contributed by atoms with van der Waals surface area (Å²) in [6, 6.07) is 6.88. The third-order valence-electron chi connectivity index (χ3n) is 4.68. The van der Waals surface area contributed by atoms with Crippen LogP contribution in [0.25, 0.3) is 11.1 Å². The zero-order valence-corrected chi connectivity index (χ0v) is 14.3. The molecule has 0 radical (unpaired) electrons. The van der Waals surface area contributed by atoms with Gasteiger partial charge in [-0.2, -0.15) is 4.98 Å². The van der Waals surface area contributed by atoms with Gasteiger partial charge in [0, 0.05) is 45.1 Å². The molecule has 0 saturated carbocycles. The first kappa shape index (κ1) is 15.2. The fourth-order valence-electron chi connectivity index (χ4n) is 3.24. The number of fused-ring (bicyclic) bond motifs is 1. The lowest BCUT2D eigenvalue weighted by molar-refractivity contribution is 0.237. The van der Waals surface area contributed by atoms with Gasteiger partial charge in [0.05, 0.1) is 6.54 Å². The van der Waals surface area contributed by atoms with E-state index in [2.05, 4.69) is 50.3 Å². The number of hydrogen-bond donors (Lipinski definition) is 0. The Morgan fingerprint density at radius 3 is 2.79 bits per heavy atom. The molecule has 1 saturated heterocycles. The molecule has 0 spiro atoms. The Hall–Kier alpha value is -2.34. The normalized spacial score (nSPS) is 16.2. The zero-order valence-electron chi connectivity index (χ0n) is 14.3. The molecule has 3 heterocycles. The molecule has 0 unspecified atom stereocenters. The standard InChI is InChI=1S/C18H23N5O/c1-3-22-7-6-19-17(22)13-21-8-10-23(11-9-21)18-20-15-12-14(2)4-5-16(15)24-18/h4-7,12H,3,8-11,13H2,1-2H3. The van der Waals surface area contributed by atoms with E-state index in [0.717, 1.165) is 62.2 Å². The number of benzene rings is 1. The van der Waals surface area contributed by atoms with E-state index in [1.807, 2.05) is 18.5 Å². The quantitative estimate of drug-likeness (QED) is 0.738. The minimum Gasteiger partial charge on any atom is -0.423 e. The Labute approximate surface area is 141 Å². The summed E-state index contributed by atoms with van der Waals surface area (Å²) in [6.07, 6.45) is 3.93. The second-order valence-corrected chi connectivity index (χ2v) is 6.36.